The van der Waals surface area contributed by atoms with E-state index in [1.165, 1.54) is 0 Å². The van der Waals surface area contributed by atoms with Crippen LogP contribution in [0.15, 0.2) is 54.6 Å². The van der Waals surface area contributed by atoms with Gasteiger partial charge in [-0.1, -0.05) is 42.5 Å². The summed E-state index contributed by atoms with van der Waals surface area (Å²) in [4.78, 5) is 25.7. The van der Waals surface area contributed by atoms with Crippen LogP contribution in [-0.4, -0.2) is 38.2 Å². The molecule has 0 spiro atoms. The molecule has 0 radical (unpaired) electrons. The molecular formula is C22H25NO4. The van der Waals surface area contributed by atoms with E-state index in [-0.39, 0.29) is 18.0 Å². The Morgan fingerprint density at radius 3 is 2.56 bits per heavy atom. The molecule has 2 aromatic carbocycles. The van der Waals surface area contributed by atoms with Gasteiger partial charge in [-0.15, -0.1) is 0 Å². The van der Waals surface area contributed by atoms with Crippen molar-refractivity contribution < 1.29 is 19.1 Å². The zero-order chi connectivity index (χ0) is 19.1. The third-order valence-electron chi connectivity index (χ3n) is 4.64. The molecule has 1 fully saturated rings. The van der Waals surface area contributed by atoms with Crippen LogP contribution in [0, 0.1) is 0 Å². The lowest BCUT2D eigenvalue weighted by Crippen LogP contribution is -2.25. The standard InChI is InChI=1S/C22H25NO4/c1-26-16-21-15-23(22(25)27-21)19-12-10-17(11-13-19)8-5-9-20(24)14-18-6-3-2-4-7-18/h2-4,6-7,10-13,21H,5,8-9,14-16H2,1H3. The summed E-state index contributed by atoms with van der Waals surface area (Å²) >= 11 is 0. The molecule has 142 valence electrons. The van der Waals surface area contributed by atoms with Crippen molar-refractivity contribution in [2.75, 3.05) is 25.2 Å². The Morgan fingerprint density at radius 2 is 1.85 bits per heavy atom. The first-order chi connectivity index (χ1) is 13.2. The molecule has 1 aliphatic rings. The molecule has 0 bridgehead atoms. The highest BCUT2D eigenvalue weighted by molar-refractivity contribution is 5.89. The molecule has 1 heterocycles. The van der Waals surface area contributed by atoms with Crippen molar-refractivity contribution in [2.45, 2.75) is 31.8 Å². The minimum atomic E-state index is -0.337. The number of carbonyl (C=O) groups is 2. The van der Waals surface area contributed by atoms with Crippen LogP contribution in [0.25, 0.3) is 0 Å². The Morgan fingerprint density at radius 1 is 1.11 bits per heavy atom. The third kappa shape index (κ3) is 5.41. The van der Waals surface area contributed by atoms with Crippen molar-refractivity contribution in [2.24, 2.45) is 0 Å². The van der Waals surface area contributed by atoms with Gasteiger partial charge in [0.1, 0.15) is 11.9 Å². The van der Waals surface area contributed by atoms with Gasteiger partial charge in [0.2, 0.25) is 0 Å². The highest BCUT2D eigenvalue weighted by Crippen LogP contribution is 2.22. The predicted molar refractivity (Wildman–Crippen MR) is 104 cm³/mol. The summed E-state index contributed by atoms with van der Waals surface area (Å²) < 4.78 is 10.3. The Labute approximate surface area is 159 Å². The number of hydrogen-bond donors (Lipinski definition) is 0. The maximum Gasteiger partial charge on any atom is 0.414 e. The topological polar surface area (TPSA) is 55.8 Å². The summed E-state index contributed by atoms with van der Waals surface area (Å²) in [5.74, 6) is 0.266. The number of nitrogens with zero attached hydrogens (tertiary/aromatic N) is 1. The quantitative estimate of drug-likeness (QED) is 0.677. The first-order valence-electron chi connectivity index (χ1n) is 9.27. The molecule has 0 N–H and O–H groups in total. The van der Waals surface area contributed by atoms with Gasteiger partial charge in [-0.05, 0) is 36.1 Å². The number of ketones is 1. The van der Waals surface area contributed by atoms with Gasteiger partial charge in [0.15, 0.2) is 0 Å². The minimum Gasteiger partial charge on any atom is -0.441 e. The summed E-state index contributed by atoms with van der Waals surface area (Å²) in [6.07, 6.45) is 2.19. The minimum absolute atomic E-state index is 0.224. The normalized spacial score (nSPS) is 16.4. The lowest BCUT2D eigenvalue weighted by atomic mass is 10.0. The first kappa shape index (κ1) is 19.1. The molecule has 5 nitrogen and oxygen atoms in total. The number of ether oxygens (including phenoxy) is 2. The van der Waals surface area contributed by atoms with Gasteiger partial charge in [-0.25, -0.2) is 4.79 Å². The smallest absolute Gasteiger partial charge is 0.414 e. The first-order valence-corrected chi connectivity index (χ1v) is 9.27. The van der Waals surface area contributed by atoms with Gasteiger partial charge in [-0.2, -0.15) is 0 Å². The fourth-order valence-electron chi connectivity index (χ4n) is 3.25. The van der Waals surface area contributed by atoms with Gasteiger partial charge < -0.3 is 9.47 Å². The molecular weight excluding hydrogens is 342 g/mol. The molecule has 1 aliphatic heterocycles. The van der Waals surface area contributed by atoms with Gasteiger partial charge >= 0.3 is 6.09 Å². The van der Waals surface area contributed by atoms with Gasteiger partial charge in [0, 0.05) is 25.6 Å². The Balaban J connectivity index is 1.45. The second kappa shape index (κ2) is 9.33. The second-order valence-electron chi connectivity index (χ2n) is 6.79. The summed E-state index contributed by atoms with van der Waals surface area (Å²) in [7, 11) is 1.59. The number of benzene rings is 2. The molecule has 2 aromatic rings. The number of amides is 1. The molecule has 27 heavy (non-hydrogen) atoms. The maximum absolute atomic E-state index is 12.1. The summed E-state index contributed by atoms with van der Waals surface area (Å²) in [6.45, 7) is 0.900. The van der Waals surface area contributed by atoms with E-state index in [2.05, 4.69) is 0 Å². The van der Waals surface area contributed by atoms with Crippen molar-refractivity contribution in [1.82, 2.24) is 0 Å². The van der Waals surface area contributed by atoms with Crippen molar-refractivity contribution in [3.05, 3.63) is 65.7 Å². The predicted octanol–water partition coefficient (Wildman–Crippen LogP) is 3.79. The Kier molecular flexibility index (Phi) is 6.60. The average Bonchev–Trinajstić information content (AvgIpc) is 3.04. The molecule has 1 saturated heterocycles. The van der Waals surface area contributed by atoms with Gasteiger partial charge in [-0.3, -0.25) is 9.69 Å². The van der Waals surface area contributed by atoms with Crippen molar-refractivity contribution in [3.8, 4) is 0 Å². The summed E-state index contributed by atoms with van der Waals surface area (Å²) in [6, 6.07) is 17.7. The number of cyclic esters (lactones) is 1. The Hall–Kier alpha value is -2.66. The van der Waals surface area contributed by atoms with E-state index in [9.17, 15) is 9.59 Å². The molecule has 0 saturated carbocycles. The number of aryl methyl sites for hydroxylation is 1. The number of hydrogen-bond acceptors (Lipinski definition) is 4. The van der Waals surface area contributed by atoms with Crippen LogP contribution in [0.1, 0.15) is 24.0 Å². The van der Waals surface area contributed by atoms with Crippen LogP contribution in [0.5, 0.6) is 0 Å². The number of rotatable bonds is 9. The van der Waals surface area contributed by atoms with E-state index in [4.69, 9.17) is 9.47 Å². The lowest BCUT2D eigenvalue weighted by Gasteiger charge is -2.13. The average molecular weight is 367 g/mol. The Bertz CT molecular complexity index is 758. The molecule has 0 aliphatic carbocycles. The molecule has 1 unspecified atom stereocenters. The second-order valence-corrected chi connectivity index (χ2v) is 6.79. The van der Waals surface area contributed by atoms with Gasteiger partial charge in [0.05, 0.1) is 13.2 Å². The number of carbonyl (C=O) groups excluding carboxylic acids is 2. The van der Waals surface area contributed by atoms with E-state index >= 15 is 0 Å². The molecule has 3 rings (SSSR count). The summed E-state index contributed by atoms with van der Waals surface area (Å²) in [5.41, 5.74) is 3.05. The van der Waals surface area contributed by atoms with Crippen LogP contribution < -0.4 is 4.90 Å². The number of methoxy groups -OCH3 is 1. The number of anilines is 1. The largest absolute Gasteiger partial charge is 0.441 e. The fourth-order valence-corrected chi connectivity index (χ4v) is 3.25. The SMILES string of the molecule is COCC1CN(c2ccc(CCCC(=O)Cc3ccccc3)cc2)C(=O)O1. The van der Waals surface area contributed by atoms with Crippen LogP contribution in [0.4, 0.5) is 10.5 Å². The van der Waals surface area contributed by atoms with Crippen LogP contribution >= 0.6 is 0 Å². The van der Waals surface area contributed by atoms with Gasteiger partial charge in [0.25, 0.3) is 0 Å². The summed E-state index contributed by atoms with van der Waals surface area (Å²) in [5, 5.41) is 0. The van der Waals surface area contributed by atoms with E-state index in [1.54, 1.807) is 12.0 Å². The highest BCUT2D eigenvalue weighted by Gasteiger charge is 2.32. The van der Waals surface area contributed by atoms with E-state index in [0.29, 0.717) is 26.0 Å². The molecule has 1 amide bonds. The van der Waals surface area contributed by atoms with Crippen LogP contribution in [0.3, 0.4) is 0 Å². The van der Waals surface area contributed by atoms with Crippen LogP contribution in [0.2, 0.25) is 0 Å². The van der Waals surface area contributed by atoms with E-state index in [1.807, 2.05) is 54.6 Å². The zero-order valence-corrected chi connectivity index (χ0v) is 15.6. The van der Waals surface area contributed by atoms with Crippen molar-refractivity contribution in [3.63, 3.8) is 0 Å². The maximum atomic E-state index is 12.1. The zero-order valence-electron chi connectivity index (χ0n) is 15.6. The monoisotopic (exact) mass is 367 g/mol. The van der Waals surface area contributed by atoms with E-state index in [0.717, 1.165) is 29.7 Å². The third-order valence-corrected chi connectivity index (χ3v) is 4.64. The number of Topliss-reactive ketones (excluding diaryl/α,β-unsaturated/α-hetero) is 1. The fraction of sp³-hybridized carbons (Fsp3) is 0.364. The van der Waals surface area contributed by atoms with Crippen molar-refractivity contribution >= 4 is 17.6 Å². The molecule has 1 atom stereocenters. The van der Waals surface area contributed by atoms with E-state index < -0.39 is 0 Å². The lowest BCUT2D eigenvalue weighted by molar-refractivity contribution is -0.118. The molecule has 0 aromatic heterocycles. The van der Waals surface area contributed by atoms with Crippen LogP contribution in [-0.2, 0) is 27.1 Å². The highest BCUT2D eigenvalue weighted by atomic mass is 16.6. The van der Waals surface area contributed by atoms with Crippen molar-refractivity contribution in [1.29, 1.82) is 0 Å². The molecule has 5 heteroatoms.